The predicted molar refractivity (Wildman–Crippen MR) is 135 cm³/mol. The van der Waals surface area contributed by atoms with Crippen LogP contribution < -0.4 is 0 Å². The molecule has 0 N–H and O–H groups in total. The Kier molecular flexibility index (Phi) is 3.07. The summed E-state index contributed by atoms with van der Waals surface area (Å²) in [6, 6.07) is 36.4. The monoisotopic (exact) mass is 404 g/mol. The average Bonchev–Trinajstić information content (AvgIpc) is 3.42. The molecule has 0 aliphatic heterocycles. The van der Waals surface area contributed by atoms with Crippen LogP contribution in [0.15, 0.2) is 97.1 Å². The Morgan fingerprint density at radius 3 is 1.25 bits per heavy atom. The van der Waals surface area contributed by atoms with Gasteiger partial charge in [0.05, 0.1) is 0 Å². The van der Waals surface area contributed by atoms with E-state index in [9.17, 15) is 0 Å². The second-order valence-corrected chi connectivity index (χ2v) is 9.26. The van der Waals surface area contributed by atoms with Crippen LogP contribution in [-0.4, -0.2) is 0 Å². The Labute approximate surface area is 186 Å². The molecule has 2 aliphatic rings. The highest BCUT2D eigenvalue weighted by atomic mass is 14.3. The molecule has 148 valence electrons. The topological polar surface area (TPSA) is 0 Å². The van der Waals surface area contributed by atoms with E-state index >= 15 is 0 Å². The molecule has 0 nitrogen and oxygen atoms in total. The van der Waals surface area contributed by atoms with Gasteiger partial charge >= 0.3 is 0 Å². The van der Waals surface area contributed by atoms with E-state index in [-0.39, 0.29) is 0 Å². The maximum absolute atomic E-state index is 2.38. The van der Waals surface area contributed by atoms with Gasteiger partial charge in [-0.25, -0.2) is 0 Å². The first-order chi connectivity index (χ1) is 15.9. The van der Waals surface area contributed by atoms with Gasteiger partial charge in [-0.15, -0.1) is 0 Å². The Bertz CT molecular complexity index is 1620. The fourth-order valence-electron chi connectivity index (χ4n) is 6.38. The second-order valence-electron chi connectivity index (χ2n) is 9.26. The van der Waals surface area contributed by atoms with Crippen molar-refractivity contribution < 1.29 is 0 Å². The van der Waals surface area contributed by atoms with Gasteiger partial charge in [0.25, 0.3) is 0 Å². The number of hydrogen-bond donors (Lipinski definition) is 0. The SMILES string of the molecule is c1ccc2c(c1)Cc1ccc3c4ccc5c(c4c4ccccc4c3c1-2)-c1ccccc1C5. The van der Waals surface area contributed by atoms with E-state index in [0.29, 0.717) is 0 Å². The molecule has 0 spiro atoms. The summed E-state index contributed by atoms with van der Waals surface area (Å²) in [7, 11) is 0. The Morgan fingerprint density at radius 1 is 0.344 bits per heavy atom. The fourth-order valence-corrected chi connectivity index (χ4v) is 6.38. The molecule has 2 aliphatic carbocycles. The van der Waals surface area contributed by atoms with Crippen LogP contribution in [-0.2, 0) is 12.8 Å². The molecule has 0 amide bonds. The first-order valence-electron chi connectivity index (χ1n) is 11.5. The highest BCUT2D eigenvalue weighted by molar-refractivity contribution is 6.32. The summed E-state index contributed by atoms with van der Waals surface area (Å²) in [5.41, 5.74) is 11.5. The van der Waals surface area contributed by atoms with Gasteiger partial charge < -0.3 is 0 Å². The summed E-state index contributed by atoms with van der Waals surface area (Å²) in [5, 5.41) is 8.34. The molecule has 0 heterocycles. The van der Waals surface area contributed by atoms with E-state index in [1.165, 1.54) is 76.8 Å². The van der Waals surface area contributed by atoms with Gasteiger partial charge in [0.2, 0.25) is 0 Å². The van der Waals surface area contributed by atoms with Crippen molar-refractivity contribution in [1.29, 1.82) is 0 Å². The van der Waals surface area contributed by atoms with Crippen LogP contribution in [0.4, 0.5) is 0 Å². The van der Waals surface area contributed by atoms with E-state index in [1.54, 1.807) is 0 Å². The average molecular weight is 405 g/mol. The van der Waals surface area contributed by atoms with E-state index in [4.69, 9.17) is 0 Å². The van der Waals surface area contributed by atoms with E-state index in [0.717, 1.165) is 12.8 Å². The molecule has 0 aromatic heterocycles. The van der Waals surface area contributed by atoms with Crippen LogP contribution >= 0.6 is 0 Å². The molecule has 32 heavy (non-hydrogen) atoms. The molecule has 0 heteroatoms. The van der Waals surface area contributed by atoms with Crippen LogP contribution in [0.25, 0.3) is 54.6 Å². The highest BCUT2D eigenvalue weighted by Crippen LogP contribution is 2.50. The van der Waals surface area contributed by atoms with Gasteiger partial charge in [-0.05, 0) is 89.7 Å². The standard InChI is InChI=1S/C32H20/c1-3-9-23-19(7-1)17-21-13-15-27-28-16-14-22-18-20-8-2-4-10-24(20)30(22)32(28)26-12-6-5-11-25(26)31(27)29(21)23/h1-16H,17-18H2. The molecule has 0 fully saturated rings. The molecular formula is C32H20. The molecular weight excluding hydrogens is 384 g/mol. The van der Waals surface area contributed by atoms with Crippen molar-refractivity contribution in [2.24, 2.45) is 0 Å². The van der Waals surface area contributed by atoms with Crippen molar-refractivity contribution in [3.05, 3.63) is 119 Å². The predicted octanol–water partition coefficient (Wildman–Crippen LogP) is 8.29. The minimum Gasteiger partial charge on any atom is -0.0619 e. The summed E-state index contributed by atoms with van der Waals surface area (Å²) >= 11 is 0. The molecule has 0 radical (unpaired) electrons. The maximum Gasteiger partial charge on any atom is -0.00132 e. The van der Waals surface area contributed by atoms with Crippen molar-refractivity contribution in [3.8, 4) is 22.3 Å². The van der Waals surface area contributed by atoms with Crippen molar-refractivity contribution in [1.82, 2.24) is 0 Å². The lowest BCUT2D eigenvalue weighted by Crippen LogP contribution is -1.90. The zero-order chi connectivity index (χ0) is 20.8. The van der Waals surface area contributed by atoms with Crippen molar-refractivity contribution in [2.75, 3.05) is 0 Å². The summed E-state index contributed by atoms with van der Waals surface area (Å²) in [4.78, 5) is 0. The number of fused-ring (bicyclic) bond motifs is 14. The molecule has 8 rings (SSSR count). The third-order valence-electron chi connectivity index (χ3n) is 7.67. The minimum absolute atomic E-state index is 1.03. The Hall–Kier alpha value is -3.90. The van der Waals surface area contributed by atoms with E-state index in [1.807, 2.05) is 0 Å². The molecule has 0 bridgehead atoms. The highest BCUT2D eigenvalue weighted by Gasteiger charge is 2.26. The maximum atomic E-state index is 2.38. The van der Waals surface area contributed by atoms with Gasteiger partial charge in [0, 0.05) is 0 Å². The van der Waals surface area contributed by atoms with Crippen LogP contribution in [0.3, 0.4) is 0 Å². The molecule has 0 saturated carbocycles. The van der Waals surface area contributed by atoms with E-state index in [2.05, 4.69) is 97.1 Å². The molecule has 0 unspecified atom stereocenters. The second kappa shape index (κ2) is 5.87. The number of hydrogen-bond acceptors (Lipinski definition) is 0. The lowest BCUT2D eigenvalue weighted by atomic mass is 9.86. The zero-order valence-electron chi connectivity index (χ0n) is 17.7. The van der Waals surface area contributed by atoms with Crippen LogP contribution in [0, 0.1) is 0 Å². The third kappa shape index (κ3) is 1.98. The summed E-state index contributed by atoms with van der Waals surface area (Å²) < 4.78 is 0. The fraction of sp³-hybridized carbons (Fsp3) is 0.0625. The lowest BCUT2D eigenvalue weighted by molar-refractivity contribution is 1.27. The van der Waals surface area contributed by atoms with E-state index < -0.39 is 0 Å². The first kappa shape index (κ1) is 16.8. The normalized spacial score (nSPS) is 13.4. The van der Waals surface area contributed by atoms with Crippen molar-refractivity contribution in [3.63, 3.8) is 0 Å². The zero-order valence-corrected chi connectivity index (χ0v) is 17.7. The number of benzene rings is 6. The first-order valence-corrected chi connectivity index (χ1v) is 11.5. The third-order valence-corrected chi connectivity index (χ3v) is 7.67. The van der Waals surface area contributed by atoms with Gasteiger partial charge in [-0.3, -0.25) is 0 Å². The van der Waals surface area contributed by atoms with Gasteiger partial charge in [0.1, 0.15) is 0 Å². The smallest absolute Gasteiger partial charge is 0.00132 e. The van der Waals surface area contributed by atoms with Gasteiger partial charge in [-0.2, -0.15) is 0 Å². The molecule has 6 aromatic carbocycles. The lowest BCUT2D eigenvalue weighted by Gasteiger charge is -2.17. The number of rotatable bonds is 0. The van der Waals surface area contributed by atoms with Gasteiger partial charge in [0.15, 0.2) is 0 Å². The van der Waals surface area contributed by atoms with Crippen molar-refractivity contribution in [2.45, 2.75) is 12.8 Å². The quantitative estimate of drug-likeness (QED) is 0.223. The van der Waals surface area contributed by atoms with Crippen LogP contribution in [0.2, 0.25) is 0 Å². The van der Waals surface area contributed by atoms with Crippen LogP contribution in [0.1, 0.15) is 22.3 Å². The summed E-state index contributed by atoms with van der Waals surface area (Å²) in [6.45, 7) is 0. The van der Waals surface area contributed by atoms with Crippen molar-refractivity contribution >= 4 is 32.3 Å². The largest absolute Gasteiger partial charge is 0.0619 e. The van der Waals surface area contributed by atoms with Crippen LogP contribution in [0.5, 0.6) is 0 Å². The summed E-state index contributed by atoms with van der Waals surface area (Å²) in [6.07, 6.45) is 2.07. The summed E-state index contributed by atoms with van der Waals surface area (Å²) in [5.74, 6) is 0. The molecule has 0 saturated heterocycles. The molecule has 0 atom stereocenters. The minimum atomic E-state index is 1.03. The molecule has 6 aromatic rings. The Balaban J connectivity index is 1.63. The van der Waals surface area contributed by atoms with Gasteiger partial charge in [-0.1, -0.05) is 97.1 Å². The Morgan fingerprint density at radius 2 is 0.750 bits per heavy atom.